The van der Waals surface area contributed by atoms with Gasteiger partial charge in [0, 0.05) is 18.3 Å². The molecule has 20 heavy (non-hydrogen) atoms. The molecule has 3 heteroatoms. The van der Waals surface area contributed by atoms with E-state index in [4.69, 9.17) is 4.74 Å². The molecule has 0 aromatic heterocycles. The molecule has 1 fully saturated rings. The highest BCUT2D eigenvalue weighted by Crippen LogP contribution is 2.26. The van der Waals surface area contributed by atoms with Crippen LogP contribution in [0.15, 0.2) is 54.6 Å². The topological polar surface area (TPSA) is 21.3 Å². The van der Waals surface area contributed by atoms with Gasteiger partial charge in [0.2, 0.25) is 0 Å². The zero-order chi connectivity index (χ0) is 13.6. The minimum absolute atomic E-state index is 0.804. The van der Waals surface area contributed by atoms with E-state index in [2.05, 4.69) is 29.2 Å². The van der Waals surface area contributed by atoms with Crippen LogP contribution >= 0.6 is 11.8 Å². The molecule has 0 aliphatic carbocycles. The lowest BCUT2D eigenvalue weighted by Crippen LogP contribution is -2.13. The molecule has 1 aliphatic rings. The van der Waals surface area contributed by atoms with Crippen LogP contribution in [0.1, 0.15) is 6.42 Å². The molecule has 2 aromatic rings. The third-order valence-corrected chi connectivity index (χ3v) is 4.66. The third kappa shape index (κ3) is 3.70. The first kappa shape index (κ1) is 13.4. The number of hydrogen-bond donors (Lipinski definition) is 1. The summed E-state index contributed by atoms with van der Waals surface area (Å²) in [5, 5.41) is 3.52. The van der Waals surface area contributed by atoms with Crippen molar-refractivity contribution in [2.75, 3.05) is 23.4 Å². The smallest absolute Gasteiger partial charge is 0.129 e. The first-order chi connectivity index (χ1) is 9.90. The van der Waals surface area contributed by atoms with Gasteiger partial charge in [0.1, 0.15) is 11.5 Å². The van der Waals surface area contributed by atoms with Crippen molar-refractivity contribution in [3.8, 4) is 11.5 Å². The summed E-state index contributed by atoms with van der Waals surface area (Å²) in [7, 11) is 0. The molecule has 1 saturated heterocycles. The van der Waals surface area contributed by atoms with Gasteiger partial charge in [0.15, 0.2) is 0 Å². The maximum Gasteiger partial charge on any atom is 0.129 e. The molecule has 104 valence electrons. The largest absolute Gasteiger partial charge is 0.457 e. The van der Waals surface area contributed by atoms with Gasteiger partial charge in [-0.05, 0) is 48.1 Å². The fourth-order valence-electron chi connectivity index (χ4n) is 2.30. The average Bonchev–Trinajstić information content (AvgIpc) is 3.00. The van der Waals surface area contributed by atoms with Crippen molar-refractivity contribution in [2.24, 2.45) is 5.92 Å². The molecule has 1 unspecified atom stereocenters. The molecule has 2 aromatic carbocycles. The summed E-state index contributed by atoms with van der Waals surface area (Å²) in [6.45, 7) is 1.06. The number of para-hydroxylation sites is 1. The number of rotatable bonds is 5. The lowest BCUT2D eigenvalue weighted by Gasteiger charge is -2.12. The first-order valence-electron chi connectivity index (χ1n) is 7.05. The van der Waals surface area contributed by atoms with Crippen molar-refractivity contribution in [1.29, 1.82) is 0 Å². The van der Waals surface area contributed by atoms with Gasteiger partial charge in [-0.1, -0.05) is 24.3 Å². The van der Waals surface area contributed by atoms with Crippen molar-refractivity contribution >= 4 is 17.4 Å². The highest BCUT2D eigenvalue weighted by Gasteiger charge is 2.14. The average molecular weight is 285 g/mol. The number of benzene rings is 2. The van der Waals surface area contributed by atoms with Crippen LogP contribution in [0, 0.1) is 5.92 Å². The number of ether oxygens (including phenoxy) is 1. The molecule has 0 bridgehead atoms. The van der Waals surface area contributed by atoms with Crippen LogP contribution in [-0.4, -0.2) is 18.1 Å². The second-order valence-corrected chi connectivity index (χ2v) is 6.20. The third-order valence-electron chi connectivity index (χ3n) is 3.43. The Bertz CT molecular complexity index is 538. The Balaban J connectivity index is 1.60. The van der Waals surface area contributed by atoms with E-state index < -0.39 is 0 Å². The van der Waals surface area contributed by atoms with E-state index in [0.29, 0.717) is 0 Å². The molecule has 1 atom stereocenters. The van der Waals surface area contributed by atoms with Crippen LogP contribution in [0.2, 0.25) is 0 Å². The second kappa shape index (κ2) is 6.71. The predicted octanol–water partition coefficient (Wildman–Crippen LogP) is 4.64. The molecule has 1 N–H and O–H groups in total. The molecule has 3 rings (SSSR count). The van der Waals surface area contributed by atoms with E-state index in [-0.39, 0.29) is 0 Å². The van der Waals surface area contributed by atoms with E-state index in [9.17, 15) is 0 Å². The van der Waals surface area contributed by atoms with Gasteiger partial charge < -0.3 is 10.1 Å². The molecular weight excluding hydrogens is 266 g/mol. The van der Waals surface area contributed by atoms with Gasteiger partial charge >= 0.3 is 0 Å². The number of nitrogens with one attached hydrogen (secondary N) is 1. The molecule has 0 amide bonds. The normalized spacial score (nSPS) is 17.9. The Morgan fingerprint density at radius 3 is 2.70 bits per heavy atom. The molecule has 2 nitrogen and oxygen atoms in total. The van der Waals surface area contributed by atoms with Crippen molar-refractivity contribution in [1.82, 2.24) is 0 Å². The van der Waals surface area contributed by atoms with Crippen LogP contribution < -0.4 is 10.1 Å². The Hall–Kier alpha value is -1.61. The van der Waals surface area contributed by atoms with Crippen molar-refractivity contribution < 1.29 is 4.74 Å². The number of anilines is 1. The quantitative estimate of drug-likeness (QED) is 0.864. The van der Waals surface area contributed by atoms with Gasteiger partial charge in [-0.25, -0.2) is 0 Å². The van der Waals surface area contributed by atoms with E-state index in [1.807, 2.05) is 42.5 Å². The molecule has 0 spiro atoms. The fraction of sp³-hybridized carbons (Fsp3) is 0.294. The Labute approximate surface area is 124 Å². The molecule has 1 aliphatic heterocycles. The summed E-state index contributed by atoms with van der Waals surface area (Å²) >= 11 is 2.06. The monoisotopic (exact) mass is 285 g/mol. The van der Waals surface area contributed by atoms with Gasteiger partial charge in [-0.15, -0.1) is 0 Å². The number of thioether (sulfide) groups is 1. The predicted molar refractivity (Wildman–Crippen MR) is 86.9 cm³/mol. The van der Waals surface area contributed by atoms with E-state index in [1.165, 1.54) is 17.9 Å². The first-order valence-corrected chi connectivity index (χ1v) is 8.20. The van der Waals surface area contributed by atoms with Crippen LogP contribution in [0.25, 0.3) is 0 Å². The Morgan fingerprint density at radius 1 is 1.05 bits per heavy atom. The Morgan fingerprint density at radius 2 is 1.90 bits per heavy atom. The summed E-state index contributed by atoms with van der Waals surface area (Å²) in [4.78, 5) is 0. The van der Waals surface area contributed by atoms with E-state index >= 15 is 0 Å². The lowest BCUT2D eigenvalue weighted by atomic mass is 10.1. The zero-order valence-corrected chi connectivity index (χ0v) is 12.2. The van der Waals surface area contributed by atoms with Crippen LogP contribution in [0.3, 0.4) is 0 Å². The molecular formula is C17H19NOS. The van der Waals surface area contributed by atoms with Crippen LogP contribution in [0.4, 0.5) is 5.69 Å². The van der Waals surface area contributed by atoms with E-state index in [0.717, 1.165) is 29.6 Å². The van der Waals surface area contributed by atoms with Crippen molar-refractivity contribution in [3.63, 3.8) is 0 Å². The summed E-state index contributed by atoms with van der Waals surface area (Å²) in [6.07, 6.45) is 1.33. The standard InChI is InChI=1S/C17H19NOS/c1-2-6-16(7-3-1)19-17-8-4-5-15(11-17)18-12-14-9-10-20-13-14/h1-8,11,14,18H,9-10,12-13H2. The highest BCUT2D eigenvalue weighted by atomic mass is 32.2. The SMILES string of the molecule is c1ccc(Oc2cccc(NCC3CCSC3)c2)cc1. The van der Waals surface area contributed by atoms with Crippen molar-refractivity contribution in [3.05, 3.63) is 54.6 Å². The molecule has 0 radical (unpaired) electrons. The van der Waals surface area contributed by atoms with Crippen molar-refractivity contribution in [2.45, 2.75) is 6.42 Å². The van der Waals surface area contributed by atoms with Gasteiger partial charge in [-0.2, -0.15) is 11.8 Å². The van der Waals surface area contributed by atoms with Gasteiger partial charge in [0.05, 0.1) is 0 Å². The minimum Gasteiger partial charge on any atom is -0.457 e. The summed E-state index contributed by atoms with van der Waals surface area (Å²) in [5.41, 5.74) is 1.13. The molecule has 1 heterocycles. The van der Waals surface area contributed by atoms with Crippen LogP contribution in [0.5, 0.6) is 11.5 Å². The molecule has 0 saturated carbocycles. The lowest BCUT2D eigenvalue weighted by molar-refractivity contribution is 0.483. The van der Waals surface area contributed by atoms with Crippen LogP contribution in [-0.2, 0) is 0 Å². The second-order valence-electron chi connectivity index (χ2n) is 5.05. The van der Waals surface area contributed by atoms with E-state index in [1.54, 1.807) is 0 Å². The van der Waals surface area contributed by atoms with Gasteiger partial charge in [-0.3, -0.25) is 0 Å². The summed E-state index contributed by atoms with van der Waals surface area (Å²) in [6, 6.07) is 18.1. The summed E-state index contributed by atoms with van der Waals surface area (Å²) < 4.78 is 5.85. The minimum atomic E-state index is 0.804. The summed E-state index contributed by atoms with van der Waals surface area (Å²) in [5.74, 6) is 5.15. The maximum atomic E-state index is 5.85. The Kier molecular flexibility index (Phi) is 4.49. The zero-order valence-electron chi connectivity index (χ0n) is 11.4. The fourth-order valence-corrected chi connectivity index (χ4v) is 3.59. The van der Waals surface area contributed by atoms with Gasteiger partial charge in [0.25, 0.3) is 0 Å². The highest BCUT2D eigenvalue weighted by molar-refractivity contribution is 7.99. The maximum absolute atomic E-state index is 5.85. The number of hydrogen-bond acceptors (Lipinski definition) is 3.